The van der Waals surface area contributed by atoms with Crippen molar-refractivity contribution in [1.29, 1.82) is 0 Å². The number of benzene rings is 2. The maximum Gasteiger partial charge on any atom is 0.123 e. The fourth-order valence-corrected chi connectivity index (χ4v) is 2.54. The highest BCUT2D eigenvalue weighted by atomic mass is 19.1. The van der Waals surface area contributed by atoms with Crippen molar-refractivity contribution in [2.24, 2.45) is 0 Å². The fraction of sp³-hybridized carbons (Fsp3) is 0.235. The summed E-state index contributed by atoms with van der Waals surface area (Å²) in [6, 6.07) is 8.54. The van der Waals surface area contributed by atoms with E-state index < -0.39 is 6.10 Å². The van der Waals surface area contributed by atoms with Crippen LogP contribution in [0.2, 0.25) is 0 Å². The molecule has 3 aromatic rings. The molecule has 4 heteroatoms. The predicted octanol–water partition coefficient (Wildman–Crippen LogP) is 3.83. The van der Waals surface area contributed by atoms with E-state index in [1.54, 1.807) is 19.3 Å². The van der Waals surface area contributed by atoms with Gasteiger partial charge in [0.15, 0.2) is 0 Å². The number of nitrogens with zero attached hydrogens (tertiary/aromatic N) is 2. The number of halogens is 1. The number of hydrogen-bond acceptors (Lipinski definition) is 2. The molecule has 0 aliphatic rings. The molecule has 1 atom stereocenters. The Bertz CT molecular complexity index is 821. The molecule has 0 saturated carbocycles. The van der Waals surface area contributed by atoms with Crippen LogP contribution in [-0.4, -0.2) is 14.7 Å². The maximum absolute atomic E-state index is 13.4. The molecule has 0 radical (unpaired) electrons. The number of hydrogen-bond donors (Lipinski definition) is 1. The van der Waals surface area contributed by atoms with Gasteiger partial charge in [0.2, 0.25) is 0 Å². The Morgan fingerprint density at radius 3 is 2.57 bits per heavy atom. The first-order valence-electron chi connectivity index (χ1n) is 6.89. The second-order valence-corrected chi connectivity index (χ2v) is 5.42. The summed E-state index contributed by atoms with van der Waals surface area (Å²) in [5.41, 5.74) is 5.49. The molecular formula is C17H17FN2O. The van der Waals surface area contributed by atoms with Gasteiger partial charge in [0.05, 0.1) is 22.8 Å². The van der Waals surface area contributed by atoms with Crippen LogP contribution in [-0.2, 0) is 0 Å². The lowest BCUT2D eigenvalue weighted by atomic mass is 10.1. The summed E-state index contributed by atoms with van der Waals surface area (Å²) in [5, 5.41) is 9.90. The van der Waals surface area contributed by atoms with Crippen molar-refractivity contribution in [1.82, 2.24) is 9.55 Å². The minimum Gasteiger partial charge on any atom is -0.389 e. The first kappa shape index (κ1) is 13.8. The van der Waals surface area contributed by atoms with Gasteiger partial charge in [0.25, 0.3) is 0 Å². The Kier molecular flexibility index (Phi) is 3.26. The van der Waals surface area contributed by atoms with Crippen LogP contribution in [0.15, 0.2) is 36.7 Å². The van der Waals surface area contributed by atoms with E-state index in [1.807, 2.05) is 24.5 Å². The highest BCUT2D eigenvalue weighted by Crippen LogP contribution is 2.27. The van der Waals surface area contributed by atoms with E-state index in [4.69, 9.17) is 0 Å². The molecule has 2 aromatic carbocycles. The molecule has 0 saturated heterocycles. The number of aryl methyl sites for hydroxylation is 2. The van der Waals surface area contributed by atoms with Crippen molar-refractivity contribution in [2.75, 3.05) is 0 Å². The van der Waals surface area contributed by atoms with E-state index >= 15 is 0 Å². The third-order valence-corrected chi connectivity index (χ3v) is 3.86. The number of imidazole rings is 1. The molecule has 21 heavy (non-hydrogen) atoms. The Morgan fingerprint density at radius 1 is 1.14 bits per heavy atom. The zero-order valence-corrected chi connectivity index (χ0v) is 12.3. The number of aliphatic hydroxyl groups is 1. The molecule has 0 unspecified atom stereocenters. The standard InChI is InChI=1S/C17H17FN2O/c1-10-6-15-17(7-11(10)2)20(9-19-15)16-5-4-13(18)8-14(16)12(3)21/h4-9,12,21H,1-3H3/t12-/m0/s1. The topological polar surface area (TPSA) is 38.0 Å². The van der Waals surface area contributed by atoms with Crippen LogP contribution in [0.4, 0.5) is 4.39 Å². The molecule has 1 heterocycles. The zero-order chi connectivity index (χ0) is 15.1. The number of aromatic nitrogens is 2. The molecule has 108 valence electrons. The Morgan fingerprint density at radius 2 is 1.86 bits per heavy atom. The molecule has 3 rings (SSSR count). The average Bonchev–Trinajstić information content (AvgIpc) is 2.82. The molecule has 0 aliphatic carbocycles. The first-order valence-corrected chi connectivity index (χ1v) is 6.89. The Balaban J connectivity index is 2.28. The number of aliphatic hydroxyl groups excluding tert-OH is 1. The van der Waals surface area contributed by atoms with Gasteiger partial charge in [-0.2, -0.15) is 0 Å². The van der Waals surface area contributed by atoms with E-state index in [2.05, 4.69) is 11.1 Å². The molecule has 0 amide bonds. The number of fused-ring (bicyclic) bond motifs is 1. The van der Waals surface area contributed by atoms with Crippen LogP contribution in [0, 0.1) is 19.7 Å². The van der Waals surface area contributed by atoms with Crippen LogP contribution in [0.5, 0.6) is 0 Å². The second kappa shape index (κ2) is 4.97. The van der Waals surface area contributed by atoms with Crippen molar-refractivity contribution >= 4 is 11.0 Å². The average molecular weight is 284 g/mol. The van der Waals surface area contributed by atoms with E-state index in [-0.39, 0.29) is 5.82 Å². The number of rotatable bonds is 2. The first-order chi connectivity index (χ1) is 9.97. The van der Waals surface area contributed by atoms with Crippen molar-refractivity contribution in [3.05, 3.63) is 59.2 Å². The predicted molar refractivity (Wildman–Crippen MR) is 81.1 cm³/mol. The molecule has 3 nitrogen and oxygen atoms in total. The van der Waals surface area contributed by atoms with Crippen molar-refractivity contribution in [3.8, 4) is 5.69 Å². The van der Waals surface area contributed by atoms with E-state index in [0.717, 1.165) is 16.7 Å². The lowest BCUT2D eigenvalue weighted by Crippen LogP contribution is -2.02. The summed E-state index contributed by atoms with van der Waals surface area (Å²) in [5.74, 6) is -0.355. The Hall–Kier alpha value is -2.20. The summed E-state index contributed by atoms with van der Waals surface area (Å²) >= 11 is 0. The molecule has 1 aromatic heterocycles. The van der Waals surface area contributed by atoms with Crippen molar-refractivity contribution < 1.29 is 9.50 Å². The van der Waals surface area contributed by atoms with Gasteiger partial charge in [0.1, 0.15) is 12.1 Å². The normalized spacial score (nSPS) is 12.8. The third-order valence-electron chi connectivity index (χ3n) is 3.86. The van der Waals surface area contributed by atoms with Gasteiger partial charge in [-0.3, -0.25) is 4.57 Å². The third kappa shape index (κ3) is 2.32. The molecule has 1 N–H and O–H groups in total. The molecule has 0 fully saturated rings. The summed E-state index contributed by atoms with van der Waals surface area (Å²) in [7, 11) is 0. The molecule has 0 spiro atoms. The van der Waals surface area contributed by atoms with Gasteiger partial charge in [-0.25, -0.2) is 9.37 Å². The summed E-state index contributed by atoms with van der Waals surface area (Å²) in [6.07, 6.45) is 0.961. The fourth-order valence-electron chi connectivity index (χ4n) is 2.54. The summed E-state index contributed by atoms with van der Waals surface area (Å²) in [6.45, 7) is 5.73. The maximum atomic E-state index is 13.4. The minimum atomic E-state index is -0.750. The van der Waals surface area contributed by atoms with Crippen LogP contribution in [0.25, 0.3) is 16.7 Å². The highest BCUT2D eigenvalue weighted by Gasteiger charge is 2.14. The van der Waals surface area contributed by atoms with Gasteiger partial charge in [-0.05, 0) is 62.2 Å². The summed E-state index contributed by atoms with van der Waals surface area (Å²) in [4.78, 5) is 4.41. The van der Waals surface area contributed by atoms with Crippen molar-refractivity contribution in [2.45, 2.75) is 26.9 Å². The van der Waals surface area contributed by atoms with Gasteiger partial charge < -0.3 is 5.11 Å². The second-order valence-electron chi connectivity index (χ2n) is 5.42. The van der Waals surface area contributed by atoms with Crippen LogP contribution in [0.1, 0.15) is 29.7 Å². The monoisotopic (exact) mass is 284 g/mol. The van der Waals surface area contributed by atoms with E-state index in [9.17, 15) is 9.50 Å². The quantitative estimate of drug-likeness (QED) is 0.776. The van der Waals surface area contributed by atoms with Gasteiger partial charge in [0, 0.05) is 5.56 Å². The van der Waals surface area contributed by atoms with Gasteiger partial charge >= 0.3 is 0 Å². The molecule has 0 bridgehead atoms. The zero-order valence-electron chi connectivity index (χ0n) is 12.3. The molecule has 0 aliphatic heterocycles. The van der Waals surface area contributed by atoms with E-state index in [1.165, 1.54) is 23.3 Å². The lowest BCUT2D eigenvalue weighted by Gasteiger charge is -2.14. The van der Waals surface area contributed by atoms with E-state index in [0.29, 0.717) is 5.56 Å². The Labute approximate surface area is 122 Å². The lowest BCUT2D eigenvalue weighted by molar-refractivity contribution is 0.198. The van der Waals surface area contributed by atoms with Crippen LogP contribution < -0.4 is 0 Å². The van der Waals surface area contributed by atoms with Gasteiger partial charge in [-0.1, -0.05) is 0 Å². The largest absolute Gasteiger partial charge is 0.389 e. The van der Waals surface area contributed by atoms with Gasteiger partial charge in [-0.15, -0.1) is 0 Å². The SMILES string of the molecule is Cc1cc2ncn(-c3ccc(F)cc3[C@H](C)O)c2cc1C. The molecular weight excluding hydrogens is 267 g/mol. The highest BCUT2D eigenvalue weighted by molar-refractivity contribution is 5.79. The van der Waals surface area contributed by atoms with Crippen LogP contribution >= 0.6 is 0 Å². The smallest absolute Gasteiger partial charge is 0.123 e. The van der Waals surface area contributed by atoms with Crippen LogP contribution in [0.3, 0.4) is 0 Å². The van der Waals surface area contributed by atoms with Crippen molar-refractivity contribution in [3.63, 3.8) is 0 Å². The minimum absolute atomic E-state index is 0.355. The summed E-state index contributed by atoms with van der Waals surface area (Å²) < 4.78 is 15.3.